The molecule has 0 saturated heterocycles. The van der Waals surface area contributed by atoms with Gasteiger partial charge in [-0.05, 0) is 38.8 Å². The fourth-order valence-corrected chi connectivity index (χ4v) is 1.10. The van der Waals surface area contributed by atoms with Crippen molar-refractivity contribution in [1.29, 1.82) is 0 Å². The summed E-state index contributed by atoms with van der Waals surface area (Å²) in [7, 11) is 0. The summed E-state index contributed by atoms with van der Waals surface area (Å²) in [6.07, 6.45) is 2.03. The smallest absolute Gasteiger partial charge is 0.0341 e. The predicted octanol–water partition coefficient (Wildman–Crippen LogP) is 3.02. The van der Waals surface area contributed by atoms with Crippen LogP contribution in [0.5, 0.6) is 0 Å². The number of hydrogen-bond acceptors (Lipinski definition) is 1. The lowest BCUT2D eigenvalue weighted by Gasteiger charge is -2.15. The highest BCUT2D eigenvalue weighted by atomic mass is 14.9. The third-order valence-corrected chi connectivity index (χ3v) is 1.54. The van der Waals surface area contributed by atoms with Crippen LogP contribution in [0, 0.1) is 0 Å². The fourth-order valence-electron chi connectivity index (χ4n) is 1.10. The fraction of sp³-hybridized carbons (Fsp3) is 0.455. The Hall–Kier alpha value is -0.980. The first-order valence-electron chi connectivity index (χ1n) is 4.27. The SMILES string of the molecule is C=C(C)/C(=C\C)C(=C)NC(C)C. The van der Waals surface area contributed by atoms with E-state index in [0.717, 1.165) is 16.8 Å². The van der Waals surface area contributed by atoms with E-state index < -0.39 is 0 Å². The number of nitrogens with one attached hydrogen (secondary N) is 1. The Morgan fingerprint density at radius 2 is 1.83 bits per heavy atom. The first-order chi connectivity index (χ1) is 5.49. The van der Waals surface area contributed by atoms with E-state index in [1.165, 1.54) is 0 Å². The van der Waals surface area contributed by atoms with Gasteiger partial charge in [-0.25, -0.2) is 0 Å². The molecule has 0 aromatic rings. The van der Waals surface area contributed by atoms with Gasteiger partial charge in [0, 0.05) is 11.7 Å². The minimum Gasteiger partial charge on any atom is -0.383 e. The molecule has 1 N–H and O–H groups in total. The van der Waals surface area contributed by atoms with Gasteiger partial charge < -0.3 is 5.32 Å². The maximum atomic E-state index is 3.95. The van der Waals surface area contributed by atoms with Gasteiger partial charge in [0.2, 0.25) is 0 Å². The van der Waals surface area contributed by atoms with Crippen LogP contribution in [-0.4, -0.2) is 6.04 Å². The lowest BCUT2D eigenvalue weighted by atomic mass is 10.1. The lowest BCUT2D eigenvalue weighted by molar-refractivity contribution is 0.677. The average Bonchev–Trinajstić information content (AvgIpc) is 1.85. The van der Waals surface area contributed by atoms with Crippen molar-refractivity contribution in [2.24, 2.45) is 0 Å². The molecular formula is C11H19N. The summed E-state index contributed by atoms with van der Waals surface area (Å²) in [6, 6.07) is 0.423. The Labute approximate surface area is 75.9 Å². The maximum Gasteiger partial charge on any atom is 0.0341 e. The van der Waals surface area contributed by atoms with Gasteiger partial charge in [-0.1, -0.05) is 19.2 Å². The number of rotatable bonds is 4. The molecule has 0 spiro atoms. The molecular weight excluding hydrogens is 146 g/mol. The van der Waals surface area contributed by atoms with Crippen LogP contribution >= 0.6 is 0 Å². The molecule has 0 atom stereocenters. The van der Waals surface area contributed by atoms with E-state index in [1.807, 2.05) is 19.9 Å². The predicted molar refractivity (Wildman–Crippen MR) is 56.0 cm³/mol. The molecule has 1 nitrogen and oxygen atoms in total. The molecule has 0 aromatic carbocycles. The van der Waals surface area contributed by atoms with Crippen molar-refractivity contribution in [2.45, 2.75) is 33.7 Å². The van der Waals surface area contributed by atoms with Crippen LogP contribution in [-0.2, 0) is 0 Å². The topological polar surface area (TPSA) is 12.0 Å². The van der Waals surface area contributed by atoms with Gasteiger partial charge >= 0.3 is 0 Å². The molecule has 0 radical (unpaired) electrons. The minimum atomic E-state index is 0.423. The van der Waals surface area contributed by atoms with Gasteiger partial charge in [0.05, 0.1) is 0 Å². The van der Waals surface area contributed by atoms with Crippen LogP contribution < -0.4 is 5.32 Å². The van der Waals surface area contributed by atoms with Gasteiger partial charge in [-0.15, -0.1) is 0 Å². The van der Waals surface area contributed by atoms with E-state index in [2.05, 4.69) is 32.3 Å². The monoisotopic (exact) mass is 165 g/mol. The maximum absolute atomic E-state index is 3.95. The van der Waals surface area contributed by atoms with Crippen molar-refractivity contribution < 1.29 is 0 Å². The molecule has 0 heterocycles. The van der Waals surface area contributed by atoms with Crippen LogP contribution in [0.25, 0.3) is 0 Å². The molecule has 68 valence electrons. The molecule has 0 amide bonds. The highest BCUT2D eigenvalue weighted by Gasteiger charge is 2.02. The molecule has 0 aliphatic carbocycles. The molecule has 0 bridgehead atoms. The van der Waals surface area contributed by atoms with E-state index in [0.29, 0.717) is 6.04 Å². The molecule has 0 aromatic heterocycles. The molecule has 0 aliphatic rings. The molecule has 12 heavy (non-hydrogen) atoms. The summed E-state index contributed by atoms with van der Waals surface area (Å²) in [5.74, 6) is 0. The Kier molecular flexibility index (Phi) is 4.42. The largest absolute Gasteiger partial charge is 0.383 e. The van der Waals surface area contributed by atoms with Crippen LogP contribution in [0.1, 0.15) is 27.7 Å². The second kappa shape index (κ2) is 4.81. The minimum absolute atomic E-state index is 0.423. The Morgan fingerprint density at radius 1 is 1.33 bits per heavy atom. The Morgan fingerprint density at radius 3 is 2.08 bits per heavy atom. The van der Waals surface area contributed by atoms with E-state index in [1.54, 1.807) is 0 Å². The van der Waals surface area contributed by atoms with Crippen LogP contribution in [0.15, 0.2) is 36.1 Å². The van der Waals surface area contributed by atoms with Crippen LogP contribution in [0.2, 0.25) is 0 Å². The van der Waals surface area contributed by atoms with Crippen molar-refractivity contribution >= 4 is 0 Å². The van der Waals surface area contributed by atoms with Crippen molar-refractivity contribution in [3.05, 3.63) is 36.1 Å². The van der Waals surface area contributed by atoms with Crippen LogP contribution in [0.4, 0.5) is 0 Å². The van der Waals surface area contributed by atoms with Gasteiger partial charge in [0.15, 0.2) is 0 Å². The highest BCUT2D eigenvalue weighted by molar-refractivity contribution is 5.41. The summed E-state index contributed by atoms with van der Waals surface area (Å²) in [6.45, 7) is 16.0. The third kappa shape index (κ3) is 3.42. The first kappa shape index (κ1) is 11.0. The summed E-state index contributed by atoms with van der Waals surface area (Å²) < 4.78 is 0. The molecule has 0 rings (SSSR count). The lowest BCUT2D eigenvalue weighted by Crippen LogP contribution is -2.22. The zero-order valence-electron chi connectivity index (χ0n) is 8.57. The normalized spacial score (nSPS) is 11.6. The summed E-state index contributed by atoms with van der Waals surface area (Å²) in [5.41, 5.74) is 3.12. The van der Waals surface area contributed by atoms with Crippen molar-refractivity contribution in [3.63, 3.8) is 0 Å². The second-order valence-electron chi connectivity index (χ2n) is 3.26. The average molecular weight is 165 g/mol. The van der Waals surface area contributed by atoms with Crippen molar-refractivity contribution in [1.82, 2.24) is 5.32 Å². The summed E-state index contributed by atoms with van der Waals surface area (Å²) >= 11 is 0. The van der Waals surface area contributed by atoms with Gasteiger partial charge in [0.1, 0.15) is 0 Å². The highest BCUT2D eigenvalue weighted by Crippen LogP contribution is 2.13. The second-order valence-corrected chi connectivity index (χ2v) is 3.26. The molecule has 0 saturated carbocycles. The standard InChI is InChI=1S/C11H19N/c1-7-11(8(2)3)10(6)12-9(4)5/h7,9,12H,2,6H2,1,3-5H3/b11-7+. The molecule has 1 heteroatoms. The van der Waals surface area contributed by atoms with E-state index >= 15 is 0 Å². The van der Waals surface area contributed by atoms with Crippen molar-refractivity contribution in [3.8, 4) is 0 Å². The zero-order chi connectivity index (χ0) is 9.72. The van der Waals surface area contributed by atoms with E-state index in [-0.39, 0.29) is 0 Å². The van der Waals surface area contributed by atoms with E-state index in [9.17, 15) is 0 Å². The molecule has 0 fully saturated rings. The summed E-state index contributed by atoms with van der Waals surface area (Å²) in [4.78, 5) is 0. The zero-order valence-corrected chi connectivity index (χ0v) is 8.57. The Bertz CT molecular complexity index is 209. The van der Waals surface area contributed by atoms with Gasteiger partial charge in [-0.2, -0.15) is 0 Å². The van der Waals surface area contributed by atoms with E-state index in [4.69, 9.17) is 0 Å². The number of hydrogen-bond donors (Lipinski definition) is 1. The molecule has 0 unspecified atom stereocenters. The first-order valence-corrected chi connectivity index (χ1v) is 4.27. The Balaban J connectivity index is 4.35. The van der Waals surface area contributed by atoms with Crippen molar-refractivity contribution in [2.75, 3.05) is 0 Å². The number of allylic oxidation sites excluding steroid dienone is 2. The van der Waals surface area contributed by atoms with Gasteiger partial charge in [0.25, 0.3) is 0 Å². The summed E-state index contributed by atoms with van der Waals surface area (Å²) in [5, 5.41) is 3.25. The van der Waals surface area contributed by atoms with Crippen LogP contribution in [0.3, 0.4) is 0 Å². The third-order valence-electron chi connectivity index (χ3n) is 1.54. The molecule has 0 aliphatic heterocycles. The van der Waals surface area contributed by atoms with Gasteiger partial charge in [-0.3, -0.25) is 0 Å². The quantitative estimate of drug-likeness (QED) is 0.631.